The molecule has 0 aromatic rings. The Balaban J connectivity index is 1.74. The highest BCUT2D eigenvalue weighted by Crippen LogP contribution is 2.33. The molecule has 0 aromatic carbocycles. The Morgan fingerprint density at radius 1 is 1.33 bits per heavy atom. The van der Waals surface area contributed by atoms with Crippen LogP contribution >= 0.6 is 0 Å². The van der Waals surface area contributed by atoms with Crippen molar-refractivity contribution in [1.82, 2.24) is 10.2 Å². The quantitative estimate of drug-likeness (QED) is 0.676. The summed E-state index contributed by atoms with van der Waals surface area (Å²) < 4.78 is 0. The van der Waals surface area contributed by atoms with Crippen LogP contribution < -0.4 is 5.32 Å². The molecule has 0 radical (unpaired) electrons. The van der Waals surface area contributed by atoms with Crippen molar-refractivity contribution < 1.29 is 0 Å². The van der Waals surface area contributed by atoms with Crippen molar-refractivity contribution in [2.75, 3.05) is 26.7 Å². The molecular formula is C10H20N2. The van der Waals surface area contributed by atoms with Crippen LogP contribution in [0.2, 0.25) is 0 Å². The third-order valence-electron chi connectivity index (χ3n) is 3.22. The Hall–Kier alpha value is -0.0800. The fourth-order valence-corrected chi connectivity index (χ4v) is 2.22. The van der Waals surface area contributed by atoms with Crippen molar-refractivity contribution in [2.24, 2.45) is 5.92 Å². The predicted octanol–water partition coefficient (Wildman–Crippen LogP) is 1.08. The van der Waals surface area contributed by atoms with E-state index in [1.54, 1.807) is 0 Å². The van der Waals surface area contributed by atoms with E-state index in [-0.39, 0.29) is 0 Å². The minimum atomic E-state index is 0.781. The van der Waals surface area contributed by atoms with Gasteiger partial charge in [-0.1, -0.05) is 0 Å². The van der Waals surface area contributed by atoms with E-state index in [4.69, 9.17) is 0 Å². The zero-order chi connectivity index (χ0) is 8.39. The van der Waals surface area contributed by atoms with Gasteiger partial charge in [0.15, 0.2) is 0 Å². The van der Waals surface area contributed by atoms with E-state index in [9.17, 15) is 0 Å². The van der Waals surface area contributed by atoms with Gasteiger partial charge in [-0.15, -0.1) is 0 Å². The number of likely N-dealkylation sites (N-methyl/N-ethyl adjacent to an activating group) is 1. The Morgan fingerprint density at radius 3 is 2.50 bits per heavy atom. The second-order valence-corrected chi connectivity index (χ2v) is 4.24. The molecule has 1 aliphatic heterocycles. The molecule has 2 aliphatic rings. The molecule has 0 bridgehead atoms. The van der Waals surface area contributed by atoms with Crippen LogP contribution in [-0.2, 0) is 0 Å². The molecule has 1 aliphatic carbocycles. The van der Waals surface area contributed by atoms with E-state index in [0.29, 0.717) is 0 Å². The lowest BCUT2D eigenvalue weighted by Crippen LogP contribution is -2.39. The Bertz CT molecular complexity index is 137. The van der Waals surface area contributed by atoms with Crippen LogP contribution in [0.5, 0.6) is 0 Å². The fraction of sp³-hybridized carbons (Fsp3) is 1.00. The largest absolute Gasteiger partial charge is 0.315 e. The summed E-state index contributed by atoms with van der Waals surface area (Å²) in [6.45, 7) is 3.97. The Morgan fingerprint density at radius 2 is 2.00 bits per heavy atom. The number of hydrogen-bond donors (Lipinski definition) is 1. The van der Waals surface area contributed by atoms with E-state index >= 15 is 0 Å². The van der Waals surface area contributed by atoms with Crippen LogP contribution in [0.1, 0.15) is 25.7 Å². The van der Waals surface area contributed by atoms with Gasteiger partial charge in [0.05, 0.1) is 0 Å². The minimum absolute atomic E-state index is 0.781. The van der Waals surface area contributed by atoms with Crippen LogP contribution in [0.3, 0.4) is 0 Å². The molecule has 1 saturated carbocycles. The topological polar surface area (TPSA) is 15.3 Å². The van der Waals surface area contributed by atoms with E-state index in [1.807, 2.05) is 0 Å². The molecule has 70 valence electrons. The molecule has 2 nitrogen and oxygen atoms in total. The first kappa shape index (κ1) is 8.52. The molecule has 1 heterocycles. The van der Waals surface area contributed by atoms with Crippen LogP contribution in [0.15, 0.2) is 0 Å². The number of rotatable bonds is 4. The molecule has 1 unspecified atom stereocenters. The number of likely N-dealkylation sites (tertiary alicyclic amines) is 1. The van der Waals surface area contributed by atoms with Gasteiger partial charge in [0.1, 0.15) is 0 Å². The predicted molar refractivity (Wildman–Crippen MR) is 51.2 cm³/mol. The summed E-state index contributed by atoms with van der Waals surface area (Å²) in [5.41, 5.74) is 0. The lowest BCUT2D eigenvalue weighted by molar-refractivity contribution is 0.282. The van der Waals surface area contributed by atoms with Crippen molar-refractivity contribution in [3.63, 3.8) is 0 Å². The summed E-state index contributed by atoms with van der Waals surface area (Å²) in [5, 5.41) is 3.45. The van der Waals surface area contributed by atoms with Gasteiger partial charge in [0.25, 0.3) is 0 Å². The molecule has 1 atom stereocenters. The summed E-state index contributed by atoms with van der Waals surface area (Å²) in [4.78, 5) is 2.61. The number of nitrogens with one attached hydrogen (secondary N) is 1. The van der Waals surface area contributed by atoms with Crippen molar-refractivity contribution in [3.8, 4) is 0 Å². The minimum Gasteiger partial charge on any atom is -0.315 e. The first-order valence-electron chi connectivity index (χ1n) is 5.30. The van der Waals surface area contributed by atoms with Gasteiger partial charge in [-0.25, -0.2) is 0 Å². The molecular weight excluding hydrogens is 148 g/mol. The first-order valence-corrected chi connectivity index (χ1v) is 5.30. The third-order valence-corrected chi connectivity index (χ3v) is 3.22. The zero-order valence-corrected chi connectivity index (χ0v) is 8.05. The summed E-state index contributed by atoms with van der Waals surface area (Å²) in [6, 6.07) is 0.781. The molecule has 1 N–H and O–H groups in total. The average molecular weight is 168 g/mol. The molecule has 1 saturated heterocycles. The van der Waals surface area contributed by atoms with Crippen molar-refractivity contribution in [2.45, 2.75) is 31.7 Å². The lowest BCUT2D eigenvalue weighted by Gasteiger charge is -2.22. The summed E-state index contributed by atoms with van der Waals surface area (Å²) in [5.74, 6) is 0.996. The normalized spacial score (nSPS) is 27.8. The molecule has 12 heavy (non-hydrogen) atoms. The maximum absolute atomic E-state index is 3.45. The van der Waals surface area contributed by atoms with Crippen LogP contribution in [0.25, 0.3) is 0 Å². The highest BCUT2D eigenvalue weighted by Gasteiger charge is 2.31. The monoisotopic (exact) mass is 168 g/mol. The van der Waals surface area contributed by atoms with Gasteiger partial charge < -0.3 is 10.2 Å². The van der Waals surface area contributed by atoms with Crippen LogP contribution in [-0.4, -0.2) is 37.6 Å². The molecule has 0 aromatic heterocycles. The molecule has 0 spiro atoms. The lowest BCUT2D eigenvalue weighted by atomic mass is 10.2. The third kappa shape index (κ3) is 1.99. The van der Waals surface area contributed by atoms with Gasteiger partial charge in [-0.05, 0) is 51.7 Å². The zero-order valence-electron chi connectivity index (χ0n) is 8.05. The van der Waals surface area contributed by atoms with Crippen molar-refractivity contribution in [3.05, 3.63) is 0 Å². The van der Waals surface area contributed by atoms with Crippen LogP contribution in [0, 0.1) is 5.92 Å². The SMILES string of the molecule is CNC(CN1CCCC1)C1CC1. The summed E-state index contributed by atoms with van der Waals surface area (Å²) >= 11 is 0. The molecule has 2 fully saturated rings. The van der Waals surface area contributed by atoms with Crippen LogP contribution in [0.4, 0.5) is 0 Å². The molecule has 2 heteroatoms. The average Bonchev–Trinajstić information content (AvgIpc) is 2.80. The number of nitrogens with zero attached hydrogens (tertiary/aromatic N) is 1. The van der Waals surface area contributed by atoms with E-state index in [2.05, 4.69) is 17.3 Å². The van der Waals surface area contributed by atoms with E-state index < -0.39 is 0 Å². The Labute approximate surface area is 75.3 Å². The maximum atomic E-state index is 3.45. The van der Waals surface area contributed by atoms with E-state index in [0.717, 1.165) is 12.0 Å². The molecule has 2 rings (SSSR count). The van der Waals surface area contributed by atoms with Gasteiger partial charge in [0, 0.05) is 12.6 Å². The fourth-order valence-electron chi connectivity index (χ4n) is 2.22. The van der Waals surface area contributed by atoms with Gasteiger partial charge >= 0.3 is 0 Å². The van der Waals surface area contributed by atoms with Gasteiger partial charge in [-0.3, -0.25) is 0 Å². The first-order chi connectivity index (χ1) is 5.90. The standard InChI is InChI=1S/C10H20N2/c1-11-10(9-4-5-9)8-12-6-2-3-7-12/h9-11H,2-8H2,1H3. The van der Waals surface area contributed by atoms with Gasteiger partial charge in [-0.2, -0.15) is 0 Å². The van der Waals surface area contributed by atoms with E-state index in [1.165, 1.54) is 45.3 Å². The second-order valence-electron chi connectivity index (χ2n) is 4.24. The number of hydrogen-bond acceptors (Lipinski definition) is 2. The summed E-state index contributed by atoms with van der Waals surface area (Å²) in [6.07, 6.45) is 5.75. The van der Waals surface area contributed by atoms with Gasteiger partial charge in [0.2, 0.25) is 0 Å². The maximum Gasteiger partial charge on any atom is 0.0220 e. The van der Waals surface area contributed by atoms with Crippen molar-refractivity contribution >= 4 is 0 Å². The second kappa shape index (κ2) is 3.75. The summed E-state index contributed by atoms with van der Waals surface area (Å²) in [7, 11) is 2.11. The van der Waals surface area contributed by atoms with Crippen molar-refractivity contribution in [1.29, 1.82) is 0 Å². The molecule has 0 amide bonds. The Kier molecular flexibility index (Phi) is 2.66. The highest BCUT2D eigenvalue weighted by atomic mass is 15.2. The highest BCUT2D eigenvalue weighted by molar-refractivity contribution is 4.88. The smallest absolute Gasteiger partial charge is 0.0220 e.